The first-order chi connectivity index (χ1) is 13.2. The van der Waals surface area contributed by atoms with Gasteiger partial charge in [0.05, 0.1) is 0 Å². The lowest BCUT2D eigenvalue weighted by Gasteiger charge is -2.42. The van der Waals surface area contributed by atoms with E-state index in [9.17, 15) is 4.79 Å². The molecule has 1 amide bonds. The van der Waals surface area contributed by atoms with Crippen molar-refractivity contribution in [3.63, 3.8) is 0 Å². The van der Waals surface area contributed by atoms with Crippen LogP contribution in [0.3, 0.4) is 0 Å². The van der Waals surface area contributed by atoms with E-state index in [4.69, 9.17) is 11.6 Å². The number of piperazine rings is 1. The second-order valence-electron chi connectivity index (χ2n) is 8.75. The monoisotopic (exact) mass is 388 g/mol. The quantitative estimate of drug-likeness (QED) is 0.719. The molecule has 1 aliphatic heterocycles. The van der Waals surface area contributed by atoms with Crippen LogP contribution in [0.15, 0.2) is 24.3 Å². The topological polar surface area (TPSA) is 23.6 Å². The summed E-state index contributed by atoms with van der Waals surface area (Å²) in [4.78, 5) is 17.8. The standard InChI is InChI=1S/C23H33ClN2O/c24-21-12-10-19(11-13-21)18-6-8-20(9-7-18)23(27)26-16-14-25(15-17-26)22-4-2-1-3-5-22/h10-13,18,20,22H,1-9,14-17H2. The molecule has 0 spiro atoms. The number of halogens is 1. The molecule has 0 N–H and O–H groups in total. The number of carbonyl (C=O) groups is 1. The van der Waals surface area contributed by atoms with Crippen LogP contribution in [0.4, 0.5) is 0 Å². The summed E-state index contributed by atoms with van der Waals surface area (Å²) in [5.41, 5.74) is 1.38. The van der Waals surface area contributed by atoms with Gasteiger partial charge in [-0.25, -0.2) is 0 Å². The molecule has 1 heterocycles. The van der Waals surface area contributed by atoms with Crippen molar-refractivity contribution < 1.29 is 4.79 Å². The van der Waals surface area contributed by atoms with E-state index in [0.29, 0.717) is 11.8 Å². The van der Waals surface area contributed by atoms with Gasteiger partial charge in [0.2, 0.25) is 5.91 Å². The zero-order valence-electron chi connectivity index (χ0n) is 16.4. The van der Waals surface area contributed by atoms with Gasteiger partial charge in [-0.2, -0.15) is 0 Å². The average Bonchev–Trinajstić information content (AvgIpc) is 2.75. The number of hydrogen-bond acceptors (Lipinski definition) is 2. The normalized spacial score (nSPS) is 28.3. The number of nitrogens with zero attached hydrogens (tertiary/aromatic N) is 2. The van der Waals surface area contributed by atoms with Crippen molar-refractivity contribution in [3.05, 3.63) is 34.9 Å². The Hall–Kier alpha value is -1.06. The van der Waals surface area contributed by atoms with E-state index in [1.165, 1.54) is 37.7 Å². The van der Waals surface area contributed by atoms with Gasteiger partial charge in [-0.3, -0.25) is 9.69 Å². The molecule has 0 atom stereocenters. The lowest BCUT2D eigenvalue weighted by molar-refractivity contribution is -0.138. The SMILES string of the molecule is O=C(C1CCC(c2ccc(Cl)cc2)CC1)N1CCN(C2CCCCC2)CC1. The summed E-state index contributed by atoms with van der Waals surface area (Å²) in [6.07, 6.45) is 11.2. The van der Waals surface area contributed by atoms with Crippen LogP contribution in [0.5, 0.6) is 0 Å². The van der Waals surface area contributed by atoms with Crippen LogP contribution < -0.4 is 0 Å². The molecule has 4 rings (SSSR count). The van der Waals surface area contributed by atoms with Crippen LogP contribution in [-0.2, 0) is 4.79 Å². The molecule has 0 unspecified atom stereocenters. The Bertz CT molecular complexity index is 610. The summed E-state index contributed by atoms with van der Waals surface area (Å²) < 4.78 is 0. The third-order valence-electron chi connectivity index (χ3n) is 7.13. The summed E-state index contributed by atoms with van der Waals surface area (Å²) in [6, 6.07) is 9.06. The molecule has 1 aromatic carbocycles. The van der Waals surface area contributed by atoms with Gasteiger partial charge in [-0.1, -0.05) is 43.0 Å². The summed E-state index contributed by atoms with van der Waals surface area (Å²) in [5, 5.41) is 0.801. The average molecular weight is 389 g/mol. The van der Waals surface area contributed by atoms with Crippen molar-refractivity contribution in [2.45, 2.75) is 69.7 Å². The van der Waals surface area contributed by atoms with Crippen molar-refractivity contribution in [2.24, 2.45) is 5.92 Å². The minimum atomic E-state index is 0.245. The van der Waals surface area contributed by atoms with Crippen LogP contribution in [0.25, 0.3) is 0 Å². The minimum Gasteiger partial charge on any atom is -0.340 e. The van der Waals surface area contributed by atoms with E-state index in [1.54, 1.807) is 0 Å². The van der Waals surface area contributed by atoms with Gasteiger partial charge in [0.1, 0.15) is 0 Å². The fourth-order valence-corrected chi connectivity index (χ4v) is 5.55. The molecular weight excluding hydrogens is 356 g/mol. The molecule has 0 aromatic heterocycles. The highest BCUT2D eigenvalue weighted by molar-refractivity contribution is 6.30. The molecule has 148 valence electrons. The fraction of sp³-hybridized carbons (Fsp3) is 0.696. The van der Waals surface area contributed by atoms with Crippen molar-refractivity contribution in [1.29, 1.82) is 0 Å². The van der Waals surface area contributed by atoms with Crippen LogP contribution >= 0.6 is 11.6 Å². The second-order valence-corrected chi connectivity index (χ2v) is 9.19. The van der Waals surface area contributed by atoms with Crippen molar-refractivity contribution in [1.82, 2.24) is 9.80 Å². The maximum atomic E-state index is 13.0. The van der Waals surface area contributed by atoms with Crippen LogP contribution in [0, 0.1) is 5.92 Å². The van der Waals surface area contributed by atoms with Crippen molar-refractivity contribution in [3.8, 4) is 0 Å². The molecule has 0 radical (unpaired) electrons. The first-order valence-corrected chi connectivity index (χ1v) is 11.4. The Morgan fingerprint density at radius 3 is 2.07 bits per heavy atom. The van der Waals surface area contributed by atoms with E-state index in [1.807, 2.05) is 12.1 Å². The first-order valence-electron chi connectivity index (χ1n) is 11.0. The summed E-state index contributed by atoms with van der Waals surface area (Å²) in [6.45, 7) is 4.03. The van der Waals surface area contributed by atoms with Gasteiger partial charge in [0.15, 0.2) is 0 Å². The van der Waals surface area contributed by atoms with E-state index >= 15 is 0 Å². The fourth-order valence-electron chi connectivity index (χ4n) is 5.42. The highest BCUT2D eigenvalue weighted by Gasteiger charge is 2.32. The third-order valence-corrected chi connectivity index (χ3v) is 7.39. The van der Waals surface area contributed by atoms with Crippen molar-refractivity contribution in [2.75, 3.05) is 26.2 Å². The van der Waals surface area contributed by atoms with Gasteiger partial charge in [-0.05, 0) is 62.1 Å². The van der Waals surface area contributed by atoms with E-state index in [2.05, 4.69) is 21.9 Å². The highest BCUT2D eigenvalue weighted by Crippen LogP contribution is 2.37. The molecule has 2 aliphatic carbocycles. The lowest BCUT2D eigenvalue weighted by Crippen LogP contribution is -2.53. The van der Waals surface area contributed by atoms with Gasteiger partial charge in [0.25, 0.3) is 0 Å². The highest BCUT2D eigenvalue weighted by atomic mass is 35.5. The number of benzene rings is 1. The summed E-state index contributed by atoms with van der Waals surface area (Å²) >= 11 is 6.01. The Morgan fingerprint density at radius 1 is 0.815 bits per heavy atom. The Labute approximate surface area is 169 Å². The van der Waals surface area contributed by atoms with E-state index < -0.39 is 0 Å². The molecule has 3 fully saturated rings. The molecule has 4 heteroatoms. The third kappa shape index (κ3) is 4.68. The Balaban J connectivity index is 1.24. The zero-order valence-corrected chi connectivity index (χ0v) is 17.2. The molecule has 1 saturated heterocycles. The predicted octanol–water partition coefficient (Wildman–Crippen LogP) is 5.09. The molecule has 27 heavy (non-hydrogen) atoms. The van der Waals surface area contributed by atoms with Gasteiger partial charge < -0.3 is 4.90 Å². The number of carbonyl (C=O) groups excluding carboxylic acids is 1. The molecule has 3 aliphatic rings. The van der Waals surface area contributed by atoms with E-state index in [0.717, 1.165) is 62.9 Å². The van der Waals surface area contributed by atoms with Crippen molar-refractivity contribution >= 4 is 17.5 Å². The Kier molecular flexibility index (Phi) is 6.39. The molecular formula is C23H33ClN2O. The smallest absolute Gasteiger partial charge is 0.225 e. The van der Waals surface area contributed by atoms with Crippen LogP contribution in [0.1, 0.15) is 69.3 Å². The van der Waals surface area contributed by atoms with Crippen LogP contribution in [0.2, 0.25) is 5.02 Å². The number of hydrogen-bond donors (Lipinski definition) is 0. The number of rotatable bonds is 3. The summed E-state index contributed by atoms with van der Waals surface area (Å²) in [5.74, 6) is 1.26. The molecule has 0 bridgehead atoms. The molecule has 1 aromatic rings. The van der Waals surface area contributed by atoms with Crippen LogP contribution in [-0.4, -0.2) is 47.9 Å². The maximum Gasteiger partial charge on any atom is 0.225 e. The zero-order chi connectivity index (χ0) is 18.6. The largest absolute Gasteiger partial charge is 0.340 e. The molecule has 3 nitrogen and oxygen atoms in total. The van der Waals surface area contributed by atoms with Gasteiger partial charge in [0, 0.05) is 43.2 Å². The van der Waals surface area contributed by atoms with Gasteiger partial charge >= 0.3 is 0 Å². The Morgan fingerprint density at radius 2 is 1.44 bits per heavy atom. The first kappa shape index (κ1) is 19.3. The molecule has 2 saturated carbocycles. The number of amides is 1. The maximum absolute atomic E-state index is 13.0. The van der Waals surface area contributed by atoms with E-state index in [-0.39, 0.29) is 5.92 Å². The second kappa shape index (κ2) is 8.96. The minimum absolute atomic E-state index is 0.245. The van der Waals surface area contributed by atoms with Gasteiger partial charge in [-0.15, -0.1) is 0 Å². The predicted molar refractivity (Wildman–Crippen MR) is 111 cm³/mol. The lowest BCUT2D eigenvalue weighted by atomic mass is 9.78. The summed E-state index contributed by atoms with van der Waals surface area (Å²) in [7, 11) is 0.